The predicted octanol–water partition coefficient (Wildman–Crippen LogP) is 3.88. The summed E-state index contributed by atoms with van der Waals surface area (Å²) in [6.07, 6.45) is 6.63. The minimum Gasteiger partial charge on any atom is -0.494 e. The summed E-state index contributed by atoms with van der Waals surface area (Å²) in [5.74, 6) is 0.571. The quantitative estimate of drug-likeness (QED) is 0.494. The van der Waals surface area contributed by atoms with Crippen LogP contribution in [-0.4, -0.2) is 52.5 Å². The number of aromatic hydroxyl groups is 1. The van der Waals surface area contributed by atoms with Crippen LogP contribution < -0.4 is 9.80 Å². The van der Waals surface area contributed by atoms with E-state index in [0.29, 0.717) is 30.0 Å². The standard InChI is InChI=1S/C23H21FN6O/c24-19-13-16(27-14-18-17-3-1-2-4-20(17)28-23(18)31)5-6-21(19)29-9-11-30(12-10-29)22-15-25-7-8-26-22/h1-8,13-15,28,31H,9-12H2. The molecule has 31 heavy (non-hydrogen) atoms. The van der Waals surface area contributed by atoms with Crippen LogP contribution in [0.4, 0.5) is 21.6 Å². The second-order valence-corrected chi connectivity index (χ2v) is 7.36. The highest BCUT2D eigenvalue weighted by Crippen LogP contribution is 2.28. The molecule has 2 aromatic heterocycles. The molecule has 1 aliphatic rings. The van der Waals surface area contributed by atoms with Gasteiger partial charge < -0.3 is 19.9 Å². The summed E-state index contributed by atoms with van der Waals surface area (Å²) in [7, 11) is 0. The number of hydrogen-bond acceptors (Lipinski definition) is 6. The monoisotopic (exact) mass is 416 g/mol. The number of piperazine rings is 1. The summed E-state index contributed by atoms with van der Waals surface area (Å²) in [6.45, 7) is 2.88. The van der Waals surface area contributed by atoms with Crippen molar-refractivity contribution in [2.45, 2.75) is 0 Å². The second-order valence-electron chi connectivity index (χ2n) is 7.36. The topological polar surface area (TPSA) is 80.6 Å². The molecule has 8 heteroatoms. The lowest BCUT2D eigenvalue weighted by molar-refractivity contribution is 0.457. The largest absolute Gasteiger partial charge is 0.494 e. The molecule has 0 spiro atoms. The fourth-order valence-corrected chi connectivity index (χ4v) is 3.88. The van der Waals surface area contributed by atoms with Gasteiger partial charge in [0, 0.05) is 61.8 Å². The number of halogens is 1. The number of aromatic amines is 1. The Morgan fingerprint density at radius 3 is 2.61 bits per heavy atom. The Balaban J connectivity index is 1.30. The van der Waals surface area contributed by atoms with E-state index in [4.69, 9.17) is 0 Å². The van der Waals surface area contributed by atoms with E-state index in [9.17, 15) is 9.50 Å². The van der Waals surface area contributed by atoms with Gasteiger partial charge in [0.2, 0.25) is 0 Å². The predicted molar refractivity (Wildman–Crippen MR) is 120 cm³/mol. The molecule has 2 N–H and O–H groups in total. The molecule has 1 aliphatic heterocycles. The lowest BCUT2D eigenvalue weighted by atomic mass is 10.2. The van der Waals surface area contributed by atoms with E-state index < -0.39 is 0 Å². The number of rotatable bonds is 4. The maximum atomic E-state index is 14.8. The lowest BCUT2D eigenvalue weighted by Crippen LogP contribution is -2.47. The lowest BCUT2D eigenvalue weighted by Gasteiger charge is -2.36. The van der Waals surface area contributed by atoms with Crippen molar-refractivity contribution in [3.8, 4) is 5.88 Å². The molecule has 0 radical (unpaired) electrons. The summed E-state index contributed by atoms with van der Waals surface area (Å²) in [5.41, 5.74) is 2.46. The van der Waals surface area contributed by atoms with Gasteiger partial charge in [-0.2, -0.15) is 0 Å². The summed E-state index contributed by atoms with van der Waals surface area (Å²) >= 11 is 0. The first-order valence-electron chi connectivity index (χ1n) is 10.1. The molecule has 0 amide bonds. The minimum atomic E-state index is -0.314. The van der Waals surface area contributed by atoms with Gasteiger partial charge in [0.25, 0.3) is 0 Å². The molecular formula is C23H21FN6O. The minimum absolute atomic E-state index is 0.0445. The molecule has 5 rings (SSSR count). The van der Waals surface area contributed by atoms with Gasteiger partial charge in [-0.1, -0.05) is 18.2 Å². The highest BCUT2D eigenvalue weighted by Gasteiger charge is 2.20. The zero-order valence-corrected chi connectivity index (χ0v) is 16.7. The Morgan fingerprint density at radius 2 is 1.84 bits per heavy atom. The molecule has 7 nitrogen and oxygen atoms in total. The third-order valence-electron chi connectivity index (χ3n) is 5.49. The van der Waals surface area contributed by atoms with E-state index in [1.54, 1.807) is 36.9 Å². The number of nitrogens with zero attached hydrogens (tertiary/aromatic N) is 5. The highest BCUT2D eigenvalue weighted by molar-refractivity contribution is 6.02. The van der Waals surface area contributed by atoms with Crippen molar-refractivity contribution in [2.24, 2.45) is 4.99 Å². The number of hydrogen-bond donors (Lipinski definition) is 2. The van der Waals surface area contributed by atoms with E-state index >= 15 is 0 Å². The van der Waals surface area contributed by atoms with Crippen LogP contribution in [0.2, 0.25) is 0 Å². The van der Waals surface area contributed by atoms with Crippen molar-refractivity contribution >= 4 is 34.3 Å². The number of anilines is 2. The first-order valence-corrected chi connectivity index (χ1v) is 10.1. The Bertz CT molecular complexity index is 1230. The summed E-state index contributed by atoms with van der Waals surface area (Å²) in [4.78, 5) is 19.9. The fourth-order valence-electron chi connectivity index (χ4n) is 3.88. The van der Waals surface area contributed by atoms with E-state index in [1.165, 1.54) is 6.07 Å². The molecule has 4 aromatic rings. The molecule has 0 saturated carbocycles. The Morgan fingerprint density at radius 1 is 1.03 bits per heavy atom. The van der Waals surface area contributed by atoms with Crippen molar-refractivity contribution in [3.05, 3.63) is 72.4 Å². The van der Waals surface area contributed by atoms with Gasteiger partial charge in [-0.25, -0.2) is 9.37 Å². The van der Waals surface area contributed by atoms with Gasteiger partial charge in [0.15, 0.2) is 5.88 Å². The van der Waals surface area contributed by atoms with Gasteiger partial charge in [-0.3, -0.25) is 9.98 Å². The first kappa shape index (κ1) is 19.0. The fraction of sp³-hybridized carbons (Fsp3) is 0.174. The number of aliphatic imine (C=N–C) groups is 1. The molecular weight excluding hydrogens is 395 g/mol. The third kappa shape index (κ3) is 3.79. The second kappa shape index (κ2) is 8.06. The van der Waals surface area contributed by atoms with Crippen molar-refractivity contribution < 1.29 is 9.50 Å². The van der Waals surface area contributed by atoms with Crippen LogP contribution in [0.5, 0.6) is 5.88 Å². The van der Waals surface area contributed by atoms with E-state index in [-0.39, 0.29) is 11.7 Å². The van der Waals surface area contributed by atoms with Crippen molar-refractivity contribution in [1.82, 2.24) is 15.0 Å². The summed E-state index contributed by atoms with van der Waals surface area (Å²) < 4.78 is 14.8. The summed E-state index contributed by atoms with van der Waals surface area (Å²) in [5, 5.41) is 11.0. The number of nitrogens with one attached hydrogen (secondary N) is 1. The summed E-state index contributed by atoms with van der Waals surface area (Å²) in [6, 6.07) is 12.5. The average Bonchev–Trinajstić information content (AvgIpc) is 3.13. The van der Waals surface area contributed by atoms with Gasteiger partial charge in [-0.05, 0) is 18.2 Å². The van der Waals surface area contributed by atoms with Crippen molar-refractivity contribution in [1.29, 1.82) is 0 Å². The van der Waals surface area contributed by atoms with Gasteiger partial charge in [-0.15, -0.1) is 0 Å². The van der Waals surface area contributed by atoms with Crippen LogP contribution in [0.3, 0.4) is 0 Å². The smallest absolute Gasteiger partial charge is 0.198 e. The number of para-hydroxylation sites is 1. The maximum absolute atomic E-state index is 14.8. The number of benzene rings is 2. The number of H-pyrrole nitrogens is 1. The third-order valence-corrected chi connectivity index (χ3v) is 5.49. The number of fused-ring (bicyclic) bond motifs is 1. The Labute approximate surface area is 178 Å². The zero-order valence-electron chi connectivity index (χ0n) is 16.7. The molecule has 0 bridgehead atoms. The van der Waals surface area contributed by atoms with Crippen molar-refractivity contribution in [3.63, 3.8) is 0 Å². The SMILES string of the molecule is Oc1[nH]c2ccccc2c1C=Nc1ccc(N2CCN(c3cnccn3)CC2)c(F)c1. The molecule has 0 atom stereocenters. The first-order chi connectivity index (χ1) is 15.2. The normalized spacial score (nSPS) is 14.6. The molecule has 2 aromatic carbocycles. The molecule has 0 unspecified atom stereocenters. The molecule has 1 saturated heterocycles. The van der Waals surface area contributed by atoms with Crippen molar-refractivity contribution in [2.75, 3.05) is 36.0 Å². The molecule has 0 aliphatic carbocycles. The Kier molecular flexibility index (Phi) is 4.95. The van der Waals surface area contributed by atoms with Crippen LogP contribution in [0.1, 0.15) is 5.56 Å². The molecule has 1 fully saturated rings. The van der Waals surface area contributed by atoms with E-state index in [0.717, 1.165) is 29.8 Å². The van der Waals surface area contributed by atoms with Crippen LogP contribution in [-0.2, 0) is 0 Å². The van der Waals surface area contributed by atoms with Crippen LogP contribution >= 0.6 is 0 Å². The average molecular weight is 416 g/mol. The van der Waals surface area contributed by atoms with E-state index in [1.807, 2.05) is 29.2 Å². The maximum Gasteiger partial charge on any atom is 0.198 e. The van der Waals surface area contributed by atoms with Crippen LogP contribution in [0, 0.1) is 5.82 Å². The van der Waals surface area contributed by atoms with Gasteiger partial charge in [0.1, 0.15) is 11.6 Å². The van der Waals surface area contributed by atoms with E-state index in [2.05, 4.69) is 24.8 Å². The molecule has 3 heterocycles. The highest BCUT2D eigenvalue weighted by atomic mass is 19.1. The molecule has 156 valence electrons. The van der Waals surface area contributed by atoms with Crippen LogP contribution in [0.25, 0.3) is 10.9 Å². The van der Waals surface area contributed by atoms with Gasteiger partial charge >= 0.3 is 0 Å². The van der Waals surface area contributed by atoms with Crippen LogP contribution in [0.15, 0.2) is 66.0 Å². The van der Waals surface area contributed by atoms with Gasteiger partial charge in [0.05, 0.1) is 23.1 Å². The zero-order chi connectivity index (χ0) is 21.2. The number of aromatic nitrogens is 3. The Hall–Kier alpha value is -3.94.